The lowest BCUT2D eigenvalue weighted by atomic mass is 9.97. The molecule has 2 heterocycles. The number of hydrogen-bond donors (Lipinski definition) is 0. The van der Waals surface area contributed by atoms with Gasteiger partial charge in [-0.1, -0.05) is 148 Å². The Morgan fingerprint density at radius 2 is 0.864 bits per heavy atom. The molecule has 0 saturated carbocycles. The van der Waals surface area contributed by atoms with Crippen molar-refractivity contribution in [3.63, 3.8) is 0 Å². The predicted octanol–water partition coefficient (Wildman–Crippen LogP) is 15.9. The summed E-state index contributed by atoms with van der Waals surface area (Å²) in [7, 11) is 0.669. The third-order valence-electron chi connectivity index (χ3n) is 14.9. The molecule has 0 spiro atoms. The first-order valence-corrected chi connectivity index (χ1v) is 38.3. The Bertz CT molecular complexity index is 2820. The van der Waals surface area contributed by atoms with Crippen molar-refractivity contribution in [2.24, 2.45) is 0 Å². The van der Waals surface area contributed by atoms with Crippen molar-refractivity contribution in [2.75, 3.05) is 27.4 Å². The highest BCUT2D eigenvalue weighted by molar-refractivity contribution is 6.76. The second-order valence-corrected chi connectivity index (χ2v) is 37.7. The summed E-state index contributed by atoms with van der Waals surface area (Å²) >= 11 is 0. The molecule has 0 aliphatic carbocycles. The number of esters is 4. The molecule has 480 valence electrons. The van der Waals surface area contributed by atoms with Crippen molar-refractivity contribution in [3.05, 3.63) is 177 Å². The van der Waals surface area contributed by atoms with E-state index in [-0.39, 0.29) is 24.1 Å². The SMILES string of the molecule is COC(C)C/C=C\C(OC(=O)c1ccccc1)C1OC(C)(C)O[C@H]1C/C=C/c1cc(C)cc(C)c1C(=O)OCC[Si](C)(C)C.CO[C@@H](C)C/C=C\C(OC(=O)c1ccccc1)C1OC(C)(C)O[C@H]1C/C=C/c1cc(C)cc(C)c1C(=O)OCC[Si](C)(C)C. The van der Waals surface area contributed by atoms with Gasteiger partial charge in [-0.3, -0.25) is 0 Å². The van der Waals surface area contributed by atoms with E-state index in [1.165, 1.54) is 0 Å². The molecule has 0 aromatic heterocycles. The molecule has 5 unspecified atom stereocenters. The van der Waals surface area contributed by atoms with Crippen LogP contribution in [0.1, 0.15) is 142 Å². The summed E-state index contributed by atoms with van der Waals surface area (Å²) < 4.78 is 59.5. The van der Waals surface area contributed by atoms with Crippen molar-refractivity contribution in [1.29, 1.82) is 0 Å². The fraction of sp³-hybridized carbons (Fsp3) is 0.500. The van der Waals surface area contributed by atoms with Gasteiger partial charge in [0.15, 0.2) is 11.6 Å². The minimum absolute atomic E-state index is 0.0156. The molecule has 0 amide bonds. The van der Waals surface area contributed by atoms with Gasteiger partial charge in [0.05, 0.1) is 59.9 Å². The van der Waals surface area contributed by atoms with Crippen LogP contribution in [-0.2, 0) is 47.4 Å². The molecule has 0 bridgehead atoms. The number of methoxy groups -OCH3 is 2. The van der Waals surface area contributed by atoms with Crippen LogP contribution in [0.5, 0.6) is 0 Å². The lowest BCUT2D eigenvalue weighted by Crippen LogP contribution is -2.37. The topological polar surface area (TPSA) is 161 Å². The highest BCUT2D eigenvalue weighted by Gasteiger charge is 2.47. The molecule has 14 nitrogen and oxygen atoms in total. The zero-order valence-electron chi connectivity index (χ0n) is 55.7. The van der Waals surface area contributed by atoms with Gasteiger partial charge in [-0.2, -0.15) is 0 Å². The Hall–Kier alpha value is -6.09. The molecular weight excluding hydrogens is 1140 g/mol. The van der Waals surface area contributed by atoms with E-state index >= 15 is 0 Å². The maximum Gasteiger partial charge on any atom is 0.338 e. The lowest BCUT2D eigenvalue weighted by Gasteiger charge is -2.24. The van der Waals surface area contributed by atoms with Gasteiger partial charge in [0, 0.05) is 30.4 Å². The first-order chi connectivity index (χ1) is 41.4. The van der Waals surface area contributed by atoms with Crippen LogP contribution in [0.25, 0.3) is 12.2 Å². The van der Waals surface area contributed by atoms with Crippen LogP contribution in [0.2, 0.25) is 51.4 Å². The highest BCUT2D eigenvalue weighted by atomic mass is 28.3. The molecule has 4 aromatic rings. The molecule has 6 rings (SSSR count). The average molecular weight is 1250 g/mol. The Morgan fingerprint density at radius 1 is 0.511 bits per heavy atom. The molecule has 8 atom stereocenters. The van der Waals surface area contributed by atoms with Gasteiger partial charge in [-0.15, -0.1) is 0 Å². The summed E-state index contributed by atoms with van der Waals surface area (Å²) in [6.45, 7) is 33.7. The largest absolute Gasteiger partial charge is 0.462 e. The van der Waals surface area contributed by atoms with E-state index in [4.69, 9.17) is 47.4 Å². The predicted molar refractivity (Wildman–Crippen MR) is 355 cm³/mol. The third kappa shape index (κ3) is 24.0. The van der Waals surface area contributed by atoms with Gasteiger partial charge in [0.25, 0.3) is 0 Å². The summed E-state index contributed by atoms with van der Waals surface area (Å²) in [4.78, 5) is 52.5. The molecule has 2 fully saturated rings. The zero-order chi connectivity index (χ0) is 65.0. The summed E-state index contributed by atoms with van der Waals surface area (Å²) in [5, 5.41) is 0. The molecule has 2 aliphatic rings. The van der Waals surface area contributed by atoms with Gasteiger partial charge < -0.3 is 47.4 Å². The maximum atomic E-state index is 13.2. The van der Waals surface area contributed by atoms with Crippen LogP contribution in [0, 0.1) is 27.7 Å². The summed E-state index contributed by atoms with van der Waals surface area (Å²) in [5.41, 5.74) is 7.56. The lowest BCUT2D eigenvalue weighted by molar-refractivity contribution is -0.153. The van der Waals surface area contributed by atoms with Gasteiger partial charge >= 0.3 is 23.9 Å². The van der Waals surface area contributed by atoms with Crippen molar-refractivity contribution < 1.29 is 66.5 Å². The zero-order valence-corrected chi connectivity index (χ0v) is 57.7. The van der Waals surface area contributed by atoms with E-state index in [1.54, 1.807) is 62.8 Å². The van der Waals surface area contributed by atoms with E-state index in [1.807, 2.05) is 154 Å². The molecular formula is C72H100O14Si2. The van der Waals surface area contributed by atoms with E-state index in [2.05, 4.69) is 39.3 Å². The normalized spacial score (nSPS) is 19.8. The summed E-state index contributed by atoms with van der Waals surface area (Å²) in [5.74, 6) is -3.23. The van der Waals surface area contributed by atoms with Gasteiger partial charge in [0.2, 0.25) is 0 Å². The number of benzene rings is 4. The van der Waals surface area contributed by atoms with Crippen LogP contribution in [0.15, 0.2) is 121 Å². The number of aryl methyl sites for hydroxylation is 4. The number of rotatable bonds is 28. The number of hydrogen-bond acceptors (Lipinski definition) is 14. The van der Waals surface area contributed by atoms with Crippen LogP contribution in [0.4, 0.5) is 0 Å². The Kier molecular flexibility index (Phi) is 27.8. The Labute approximate surface area is 527 Å². The minimum atomic E-state index is -1.33. The molecule has 2 aliphatic heterocycles. The van der Waals surface area contributed by atoms with Gasteiger partial charge in [-0.25, -0.2) is 19.2 Å². The fourth-order valence-corrected chi connectivity index (χ4v) is 11.6. The average Bonchev–Trinajstić information content (AvgIpc) is 2.65. The van der Waals surface area contributed by atoms with Gasteiger partial charge in [-0.05, 0) is 166 Å². The monoisotopic (exact) mass is 1240 g/mol. The van der Waals surface area contributed by atoms with Crippen molar-refractivity contribution in [1.82, 2.24) is 0 Å². The van der Waals surface area contributed by atoms with E-state index in [0.717, 1.165) is 45.5 Å². The van der Waals surface area contributed by atoms with E-state index < -0.39 is 76.3 Å². The van der Waals surface area contributed by atoms with Gasteiger partial charge in [0.1, 0.15) is 24.4 Å². The van der Waals surface area contributed by atoms with E-state index in [0.29, 0.717) is 61.2 Å². The maximum absolute atomic E-state index is 13.2. The smallest absolute Gasteiger partial charge is 0.338 e. The third-order valence-corrected chi connectivity index (χ3v) is 18.3. The first kappa shape index (κ1) is 72.7. The van der Waals surface area contributed by atoms with Crippen molar-refractivity contribution in [2.45, 2.75) is 207 Å². The Balaban J connectivity index is 0.000000321. The number of carbonyl (C=O) groups is 4. The second kappa shape index (κ2) is 33.7. The summed E-state index contributed by atoms with van der Waals surface area (Å²) in [6.07, 6.45) is 14.5. The first-order valence-electron chi connectivity index (χ1n) is 30.9. The quantitative estimate of drug-likeness (QED) is 0.0229. The van der Waals surface area contributed by atoms with Crippen molar-refractivity contribution >= 4 is 52.2 Å². The molecule has 88 heavy (non-hydrogen) atoms. The molecule has 16 heteroatoms. The van der Waals surface area contributed by atoms with Crippen LogP contribution < -0.4 is 0 Å². The second-order valence-electron chi connectivity index (χ2n) is 26.4. The highest BCUT2D eigenvalue weighted by Crippen LogP contribution is 2.36. The number of ether oxygens (including phenoxy) is 10. The minimum Gasteiger partial charge on any atom is -0.462 e. The molecule has 2 saturated heterocycles. The van der Waals surface area contributed by atoms with Crippen molar-refractivity contribution in [3.8, 4) is 0 Å². The van der Waals surface area contributed by atoms with Crippen LogP contribution >= 0.6 is 0 Å². The van der Waals surface area contributed by atoms with Crippen LogP contribution in [0.3, 0.4) is 0 Å². The standard InChI is InChI=1S/2C36H50O7Si/c2*1-25-23-26(2)32(35(38)40-21-22-44(7,8)9)29(24-25)18-14-20-31-33(43-36(4,5)42-31)30(19-13-15-27(3)39-6)41-34(37)28-16-11-10-12-17-28/h2*10-14,16-19,23-24,27,30-31,33H,15,20-22H2,1-9H3/b2*18-14+,19-13-/t27?,30?,31-,33?;27-,30?,31-,33?/m00/s1. The fourth-order valence-electron chi connectivity index (χ4n) is 10.1. The Morgan fingerprint density at radius 3 is 1.19 bits per heavy atom. The molecule has 0 radical (unpaired) electrons. The van der Waals surface area contributed by atoms with E-state index in [9.17, 15) is 19.2 Å². The molecule has 0 N–H and O–H groups in total. The molecule has 4 aromatic carbocycles. The van der Waals surface area contributed by atoms with Crippen LogP contribution in [-0.4, -0.2) is 128 Å². The summed E-state index contributed by atoms with van der Waals surface area (Å²) in [6, 6.07) is 27.7. The number of carbonyl (C=O) groups excluding carboxylic acids is 4.